The summed E-state index contributed by atoms with van der Waals surface area (Å²) in [5.41, 5.74) is 0. The van der Waals surface area contributed by atoms with Crippen LogP contribution in [0.5, 0.6) is 0 Å². The monoisotopic (exact) mass is 342 g/mol. The average Bonchev–Trinajstić information content (AvgIpc) is 2.59. The van der Waals surface area contributed by atoms with Gasteiger partial charge < -0.3 is 24.6 Å². The third-order valence-electron chi connectivity index (χ3n) is 4.10. The van der Waals surface area contributed by atoms with Crippen LogP contribution in [0.1, 0.15) is 26.7 Å². The predicted octanol–water partition coefficient (Wildman–Crippen LogP) is 0.805. The molecule has 1 unspecified atom stereocenters. The first-order valence-electron chi connectivity index (χ1n) is 8.99. The van der Waals surface area contributed by atoms with Gasteiger partial charge in [0.25, 0.3) is 0 Å². The number of carbonyl (C=O) groups is 1. The minimum Gasteiger partial charge on any atom is -0.466 e. The van der Waals surface area contributed by atoms with E-state index in [1.807, 2.05) is 6.92 Å². The Balaban J connectivity index is 2.55. The van der Waals surface area contributed by atoms with Gasteiger partial charge in [0.15, 0.2) is 5.96 Å². The van der Waals surface area contributed by atoms with Crippen LogP contribution < -0.4 is 5.32 Å². The van der Waals surface area contributed by atoms with E-state index in [-0.39, 0.29) is 11.9 Å². The Morgan fingerprint density at radius 1 is 1.38 bits per heavy atom. The molecule has 0 aromatic rings. The minimum absolute atomic E-state index is 0.0491. The number of piperidine rings is 1. The fraction of sp³-hybridized carbons (Fsp3) is 0.882. The van der Waals surface area contributed by atoms with E-state index < -0.39 is 0 Å². The van der Waals surface area contributed by atoms with E-state index in [0.717, 1.165) is 58.1 Å². The fourth-order valence-electron chi connectivity index (χ4n) is 2.73. The van der Waals surface area contributed by atoms with Gasteiger partial charge in [-0.15, -0.1) is 0 Å². The Morgan fingerprint density at radius 3 is 2.83 bits per heavy atom. The molecule has 140 valence electrons. The fourth-order valence-corrected chi connectivity index (χ4v) is 2.73. The smallest absolute Gasteiger partial charge is 0.310 e. The molecular formula is C17H34N4O3. The van der Waals surface area contributed by atoms with Gasteiger partial charge in [0.2, 0.25) is 0 Å². The van der Waals surface area contributed by atoms with Gasteiger partial charge in [-0.2, -0.15) is 0 Å². The summed E-state index contributed by atoms with van der Waals surface area (Å²) < 4.78 is 10.3. The molecule has 1 rings (SSSR count). The van der Waals surface area contributed by atoms with Crippen molar-refractivity contribution in [1.82, 2.24) is 15.1 Å². The SMILES string of the molecule is CCNC(=NCCN(C)CCOC)N1CCCC(C(=O)OCC)C1. The molecule has 0 radical (unpaired) electrons. The molecule has 0 amide bonds. The van der Waals surface area contributed by atoms with Gasteiger partial charge in [-0.1, -0.05) is 0 Å². The second-order valence-corrected chi connectivity index (χ2v) is 6.07. The third-order valence-corrected chi connectivity index (χ3v) is 4.10. The van der Waals surface area contributed by atoms with Crippen molar-refractivity contribution >= 4 is 11.9 Å². The van der Waals surface area contributed by atoms with Crippen molar-refractivity contribution in [1.29, 1.82) is 0 Å². The van der Waals surface area contributed by atoms with Gasteiger partial charge >= 0.3 is 5.97 Å². The second kappa shape index (κ2) is 12.1. The number of guanidine groups is 1. The van der Waals surface area contributed by atoms with Crippen LogP contribution in [0, 0.1) is 5.92 Å². The summed E-state index contributed by atoms with van der Waals surface area (Å²) in [6, 6.07) is 0. The highest BCUT2D eigenvalue weighted by Crippen LogP contribution is 2.18. The number of rotatable bonds is 9. The second-order valence-electron chi connectivity index (χ2n) is 6.07. The third kappa shape index (κ3) is 7.49. The highest BCUT2D eigenvalue weighted by molar-refractivity contribution is 5.81. The molecule has 7 nitrogen and oxygen atoms in total. The maximum atomic E-state index is 12.0. The zero-order chi connectivity index (χ0) is 17.8. The first-order chi connectivity index (χ1) is 11.6. The number of nitrogens with one attached hydrogen (secondary N) is 1. The Bertz CT molecular complexity index is 390. The van der Waals surface area contributed by atoms with Gasteiger partial charge in [0.05, 0.1) is 25.7 Å². The normalized spacial score (nSPS) is 18.8. The van der Waals surface area contributed by atoms with Crippen LogP contribution in [0.4, 0.5) is 0 Å². The van der Waals surface area contributed by atoms with E-state index in [1.54, 1.807) is 7.11 Å². The standard InChI is InChI=1S/C17H34N4O3/c1-5-18-17(19-9-11-20(3)12-13-23-4)21-10-7-8-15(14-21)16(22)24-6-2/h15H,5-14H2,1-4H3,(H,18,19). The summed E-state index contributed by atoms with van der Waals surface area (Å²) in [6.45, 7) is 10.0. The summed E-state index contributed by atoms with van der Waals surface area (Å²) in [4.78, 5) is 21.1. The van der Waals surface area contributed by atoms with E-state index >= 15 is 0 Å². The predicted molar refractivity (Wildman–Crippen MR) is 96.3 cm³/mol. The summed E-state index contributed by atoms with van der Waals surface area (Å²) in [5, 5.41) is 3.34. The van der Waals surface area contributed by atoms with E-state index in [2.05, 4.69) is 29.1 Å². The Labute approximate surface area is 146 Å². The highest BCUT2D eigenvalue weighted by atomic mass is 16.5. The maximum Gasteiger partial charge on any atom is 0.310 e. The molecule has 0 saturated carbocycles. The molecule has 1 aliphatic rings. The molecule has 0 aromatic heterocycles. The topological polar surface area (TPSA) is 66.4 Å². The lowest BCUT2D eigenvalue weighted by atomic mass is 9.98. The minimum atomic E-state index is -0.0858. The van der Waals surface area contributed by atoms with Crippen LogP contribution in [-0.4, -0.2) is 88.4 Å². The Morgan fingerprint density at radius 2 is 2.17 bits per heavy atom. The van der Waals surface area contributed by atoms with E-state index in [4.69, 9.17) is 14.5 Å². The molecule has 1 fully saturated rings. The summed E-state index contributed by atoms with van der Waals surface area (Å²) in [7, 11) is 3.78. The van der Waals surface area contributed by atoms with Gasteiger partial charge in [0, 0.05) is 39.8 Å². The number of methoxy groups -OCH3 is 1. The van der Waals surface area contributed by atoms with Gasteiger partial charge in [-0.3, -0.25) is 9.79 Å². The lowest BCUT2D eigenvalue weighted by Gasteiger charge is -2.34. The van der Waals surface area contributed by atoms with Crippen molar-refractivity contribution in [2.24, 2.45) is 10.9 Å². The van der Waals surface area contributed by atoms with Crippen LogP contribution in [-0.2, 0) is 14.3 Å². The average molecular weight is 342 g/mol. The number of ether oxygens (including phenoxy) is 2. The highest BCUT2D eigenvalue weighted by Gasteiger charge is 2.28. The van der Waals surface area contributed by atoms with Crippen molar-refractivity contribution in [3.05, 3.63) is 0 Å². The first-order valence-corrected chi connectivity index (χ1v) is 8.99. The molecule has 1 heterocycles. The lowest BCUT2D eigenvalue weighted by Crippen LogP contribution is -2.48. The molecule has 0 bridgehead atoms. The summed E-state index contributed by atoms with van der Waals surface area (Å²) in [6.07, 6.45) is 1.89. The maximum absolute atomic E-state index is 12.0. The number of likely N-dealkylation sites (tertiary alicyclic amines) is 1. The molecule has 1 aliphatic heterocycles. The molecule has 7 heteroatoms. The molecule has 0 aromatic carbocycles. The van der Waals surface area contributed by atoms with Crippen LogP contribution in [0.2, 0.25) is 0 Å². The van der Waals surface area contributed by atoms with Crippen LogP contribution in [0.15, 0.2) is 4.99 Å². The number of carbonyl (C=O) groups excluding carboxylic acids is 1. The van der Waals surface area contributed by atoms with Crippen LogP contribution >= 0.6 is 0 Å². The van der Waals surface area contributed by atoms with Gasteiger partial charge in [-0.05, 0) is 33.7 Å². The molecule has 24 heavy (non-hydrogen) atoms. The molecule has 0 spiro atoms. The number of nitrogens with zero attached hydrogens (tertiary/aromatic N) is 3. The molecule has 1 saturated heterocycles. The first kappa shape index (κ1) is 20.7. The lowest BCUT2D eigenvalue weighted by molar-refractivity contribution is -0.149. The molecular weight excluding hydrogens is 308 g/mol. The Hall–Kier alpha value is -1.34. The van der Waals surface area contributed by atoms with Crippen molar-refractivity contribution in [3.63, 3.8) is 0 Å². The summed E-state index contributed by atoms with van der Waals surface area (Å²) >= 11 is 0. The Kier molecular flexibility index (Phi) is 10.4. The van der Waals surface area contributed by atoms with Gasteiger partial charge in [-0.25, -0.2) is 0 Å². The van der Waals surface area contributed by atoms with Crippen LogP contribution in [0.3, 0.4) is 0 Å². The van der Waals surface area contributed by atoms with E-state index in [9.17, 15) is 4.79 Å². The number of esters is 1. The number of hydrogen-bond donors (Lipinski definition) is 1. The number of likely N-dealkylation sites (N-methyl/N-ethyl adjacent to an activating group) is 1. The van der Waals surface area contributed by atoms with Crippen LogP contribution in [0.25, 0.3) is 0 Å². The van der Waals surface area contributed by atoms with Gasteiger partial charge in [0.1, 0.15) is 0 Å². The van der Waals surface area contributed by atoms with E-state index in [1.165, 1.54) is 0 Å². The number of hydrogen-bond acceptors (Lipinski definition) is 5. The largest absolute Gasteiger partial charge is 0.466 e. The van der Waals surface area contributed by atoms with E-state index in [0.29, 0.717) is 13.2 Å². The molecule has 1 atom stereocenters. The molecule has 1 N–H and O–H groups in total. The van der Waals surface area contributed by atoms with Crippen molar-refractivity contribution in [2.75, 3.05) is 66.6 Å². The van der Waals surface area contributed by atoms with Crippen molar-refractivity contribution in [3.8, 4) is 0 Å². The van der Waals surface area contributed by atoms with Crippen molar-refractivity contribution < 1.29 is 14.3 Å². The zero-order valence-corrected chi connectivity index (χ0v) is 15.7. The number of aliphatic imine (C=N–C) groups is 1. The summed E-state index contributed by atoms with van der Waals surface area (Å²) in [5.74, 6) is 0.760. The quantitative estimate of drug-likeness (QED) is 0.380. The van der Waals surface area contributed by atoms with Crippen molar-refractivity contribution in [2.45, 2.75) is 26.7 Å². The molecule has 0 aliphatic carbocycles. The zero-order valence-electron chi connectivity index (χ0n) is 15.7.